The number of β-amino-alcohol motifs (C(OH)–C–C–N with tert-alkyl or cyclic N) is 1. The zero-order valence-corrected chi connectivity index (χ0v) is 13.5. The van der Waals surface area contributed by atoms with Crippen molar-refractivity contribution in [2.45, 2.75) is 57.6 Å². The Morgan fingerprint density at radius 3 is 2.91 bits per heavy atom. The first-order valence-electron chi connectivity index (χ1n) is 8.26. The van der Waals surface area contributed by atoms with E-state index in [4.69, 9.17) is 4.74 Å². The number of hydrogen-bond acceptors (Lipinski definition) is 6. The van der Waals surface area contributed by atoms with E-state index in [0.717, 1.165) is 38.3 Å². The second-order valence-electron chi connectivity index (χ2n) is 6.63. The lowest BCUT2D eigenvalue weighted by molar-refractivity contribution is -0.0763. The molecule has 0 unspecified atom stereocenters. The summed E-state index contributed by atoms with van der Waals surface area (Å²) in [5, 5.41) is 18.0. The van der Waals surface area contributed by atoms with Crippen LogP contribution in [0.25, 0.3) is 0 Å². The van der Waals surface area contributed by atoms with Gasteiger partial charge < -0.3 is 15.2 Å². The van der Waals surface area contributed by atoms with E-state index in [1.165, 1.54) is 0 Å². The smallest absolute Gasteiger partial charge is 0.138 e. The molecule has 2 aliphatic heterocycles. The molecule has 0 bridgehead atoms. The van der Waals surface area contributed by atoms with Gasteiger partial charge >= 0.3 is 0 Å². The number of nitrogens with one attached hydrogen (secondary N) is 1. The van der Waals surface area contributed by atoms with Crippen molar-refractivity contribution in [3.63, 3.8) is 0 Å². The molecule has 4 atom stereocenters. The topological polar surface area (TPSA) is 75.4 Å². The minimum absolute atomic E-state index is 0.244. The Morgan fingerprint density at radius 2 is 2.14 bits per heavy atom. The SMILES string of the molecule is C[C@@H]1CN(C[C@H](O)CN[C@H]2CCc3ncnn3C2)C[C@H](C)O1. The molecule has 0 saturated carbocycles. The summed E-state index contributed by atoms with van der Waals surface area (Å²) in [6, 6.07) is 0.367. The van der Waals surface area contributed by atoms with E-state index in [-0.39, 0.29) is 18.3 Å². The van der Waals surface area contributed by atoms with Gasteiger partial charge in [-0.2, -0.15) is 5.10 Å². The van der Waals surface area contributed by atoms with E-state index in [2.05, 4.69) is 34.1 Å². The Morgan fingerprint density at radius 1 is 1.36 bits per heavy atom. The van der Waals surface area contributed by atoms with Crippen LogP contribution in [-0.2, 0) is 17.7 Å². The number of hydrogen-bond donors (Lipinski definition) is 2. The Kier molecular flexibility index (Phi) is 5.07. The summed E-state index contributed by atoms with van der Waals surface area (Å²) >= 11 is 0. The lowest BCUT2D eigenvalue weighted by atomic mass is 10.1. The molecule has 3 rings (SSSR count). The number of aryl methyl sites for hydroxylation is 1. The maximum atomic E-state index is 10.3. The van der Waals surface area contributed by atoms with Crippen molar-refractivity contribution in [3.05, 3.63) is 12.2 Å². The van der Waals surface area contributed by atoms with Gasteiger partial charge in [-0.05, 0) is 20.3 Å². The van der Waals surface area contributed by atoms with Gasteiger partial charge in [-0.1, -0.05) is 0 Å². The molecule has 2 aliphatic rings. The van der Waals surface area contributed by atoms with E-state index in [1.54, 1.807) is 6.33 Å². The minimum atomic E-state index is -0.352. The molecule has 1 fully saturated rings. The van der Waals surface area contributed by atoms with Crippen molar-refractivity contribution < 1.29 is 9.84 Å². The fraction of sp³-hybridized carbons (Fsp3) is 0.867. The third-order valence-corrected chi connectivity index (χ3v) is 4.41. The molecule has 124 valence electrons. The summed E-state index contributed by atoms with van der Waals surface area (Å²) in [5.41, 5.74) is 0. The molecule has 1 saturated heterocycles. The Labute approximate surface area is 131 Å². The highest BCUT2D eigenvalue weighted by Gasteiger charge is 2.25. The van der Waals surface area contributed by atoms with Gasteiger partial charge in [0.1, 0.15) is 12.2 Å². The molecule has 3 heterocycles. The van der Waals surface area contributed by atoms with Crippen LogP contribution in [0.5, 0.6) is 0 Å². The first kappa shape index (κ1) is 15.9. The molecular weight excluding hydrogens is 282 g/mol. The van der Waals surface area contributed by atoms with Crippen LogP contribution in [0, 0.1) is 0 Å². The van der Waals surface area contributed by atoms with E-state index in [9.17, 15) is 5.11 Å². The fourth-order valence-corrected chi connectivity index (χ4v) is 3.50. The molecule has 0 radical (unpaired) electrons. The Hall–Kier alpha value is -1.02. The van der Waals surface area contributed by atoms with Gasteiger partial charge in [0, 0.05) is 38.6 Å². The number of aromatic nitrogens is 3. The highest BCUT2D eigenvalue weighted by atomic mass is 16.5. The van der Waals surface area contributed by atoms with Crippen molar-refractivity contribution >= 4 is 0 Å². The van der Waals surface area contributed by atoms with Crippen LogP contribution in [0.15, 0.2) is 6.33 Å². The maximum absolute atomic E-state index is 10.3. The molecule has 0 amide bonds. The Balaban J connectivity index is 1.40. The second kappa shape index (κ2) is 7.04. The van der Waals surface area contributed by atoms with Crippen molar-refractivity contribution in [1.82, 2.24) is 25.0 Å². The average Bonchev–Trinajstić information content (AvgIpc) is 2.91. The number of fused-ring (bicyclic) bond motifs is 1. The summed E-state index contributed by atoms with van der Waals surface area (Å²) in [4.78, 5) is 6.53. The van der Waals surface area contributed by atoms with Gasteiger partial charge in [-0.15, -0.1) is 0 Å². The van der Waals surface area contributed by atoms with Crippen molar-refractivity contribution in [3.8, 4) is 0 Å². The van der Waals surface area contributed by atoms with Crippen LogP contribution in [0.3, 0.4) is 0 Å². The van der Waals surface area contributed by atoms with Gasteiger partial charge in [0.15, 0.2) is 0 Å². The molecule has 0 spiro atoms. The zero-order chi connectivity index (χ0) is 15.5. The molecule has 1 aromatic rings. The molecule has 0 aromatic carbocycles. The number of nitrogens with zero attached hydrogens (tertiary/aromatic N) is 4. The average molecular weight is 309 g/mol. The molecular formula is C15H27N5O2. The van der Waals surface area contributed by atoms with Crippen molar-refractivity contribution in [1.29, 1.82) is 0 Å². The fourth-order valence-electron chi connectivity index (χ4n) is 3.50. The molecule has 22 heavy (non-hydrogen) atoms. The number of ether oxygens (including phenoxy) is 1. The minimum Gasteiger partial charge on any atom is -0.390 e. The van der Waals surface area contributed by atoms with Crippen LogP contribution in [0.2, 0.25) is 0 Å². The summed E-state index contributed by atoms with van der Waals surface area (Å²) in [6.07, 6.45) is 3.76. The van der Waals surface area contributed by atoms with E-state index < -0.39 is 0 Å². The van der Waals surface area contributed by atoms with Gasteiger partial charge in [-0.25, -0.2) is 9.67 Å². The summed E-state index contributed by atoms with van der Waals surface area (Å²) in [6.45, 7) is 8.13. The quantitative estimate of drug-likeness (QED) is 0.774. The second-order valence-corrected chi connectivity index (χ2v) is 6.63. The lowest BCUT2D eigenvalue weighted by Crippen LogP contribution is -2.50. The number of rotatable bonds is 5. The predicted molar refractivity (Wildman–Crippen MR) is 82.6 cm³/mol. The molecule has 2 N–H and O–H groups in total. The highest BCUT2D eigenvalue weighted by molar-refractivity contribution is 4.92. The van der Waals surface area contributed by atoms with Gasteiger partial charge in [0.2, 0.25) is 0 Å². The van der Waals surface area contributed by atoms with Crippen LogP contribution < -0.4 is 5.32 Å². The van der Waals surface area contributed by atoms with Crippen LogP contribution in [0.1, 0.15) is 26.1 Å². The summed E-state index contributed by atoms with van der Waals surface area (Å²) in [5.74, 6) is 1.06. The van der Waals surface area contributed by atoms with Crippen LogP contribution in [-0.4, -0.2) is 75.3 Å². The van der Waals surface area contributed by atoms with E-state index in [1.807, 2.05) is 4.68 Å². The van der Waals surface area contributed by atoms with Crippen molar-refractivity contribution in [2.24, 2.45) is 0 Å². The van der Waals surface area contributed by atoms with Gasteiger partial charge in [-0.3, -0.25) is 4.90 Å². The predicted octanol–water partition coefficient (Wildman–Crippen LogP) is -0.347. The normalized spacial score (nSPS) is 31.0. The largest absolute Gasteiger partial charge is 0.390 e. The number of morpholine rings is 1. The third-order valence-electron chi connectivity index (χ3n) is 4.41. The Bertz CT molecular complexity index is 470. The van der Waals surface area contributed by atoms with Gasteiger partial charge in [0.05, 0.1) is 24.9 Å². The first-order valence-corrected chi connectivity index (χ1v) is 8.26. The molecule has 7 nitrogen and oxygen atoms in total. The maximum Gasteiger partial charge on any atom is 0.138 e. The standard InChI is InChI=1S/C15H27N5O2/c1-11-6-19(7-12(2)22-11)9-14(21)5-16-13-3-4-15-17-10-18-20(15)8-13/h10-14,16,21H,3-9H2,1-2H3/t11-,12+,13-,14+/m0/s1. The molecule has 1 aromatic heterocycles. The molecule has 0 aliphatic carbocycles. The first-order chi connectivity index (χ1) is 10.6. The zero-order valence-electron chi connectivity index (χ0n) is 13.5. The van der Waals surface area contributed by atoms with E-state index in [0.29, 0.717) is 19.1 Å². The van der Waals surface area contributed by atoms with E-state index >= 15 is 0 Å². The molecule has 7 heteroatoms. The monoisotopic (exact) mass is 309 g/mol. The number of aliphatic hydroxyl groups is 1. The highest BCUT2D eigenvalue weighted by Crippen LogP contribution is 2.12. The van der Waals surface area contributed by atoms with Crippen LogP contribution >= 0.6 is 0 Å². The third kappa shape index (κ3) is 4.04. The van der Waals surface area contributed by atoms with Crippen LogP contribution in [0.4, 0.5) is 0 Å². The summed E-state index contributed by atoms with van der Waals surface area (Å²) in [7, 11) is 0. The summed E-state index contributed by atoms with van der Waals surface area (Å²) < 4.78 is 7.68. The van der Waals surface area contributed by atoms with Gasteiger partial charge in [0.25, 0.3) is 0 Å². The lowest BCUT2D eigenvalue weighted by Gasteiger charge is -2.36. The number of aliphatic hydroxyl groups excluding tert-OH is 1. The van der Waals surface area contributed by atoms with Crippen molar-refractivity contribution in [2.75, 3.05) is 26.2 Å².